The smallest absolute Gasteiger partial charge is 0.234 e. The molecule has 2 aromatic rings. The number of amides is 1. The van der Waals surface area contributed by atoms with Crippen LogP contribution < -0.4 is 10.6 Å². The van der Waals surface area contributed by atoms with Crippen molar-refractivity contribution in [3.8, 4) is 5.75 Å². The van der Waals surface area contributed by atoms with Crippen LogP contribution in [-0.2, 0) is 4.79 Å². The molecule has 4 N–H and O–H groups in total. The third-order valence-electron chi connectivity index (χ3n) is 4.21. The maximum absolute atomic E-state index is 12.4. The lowest BCUT2D eigenvalue weighted by Gasteiger charge is -2.18. The van der Waals surface area contributed by atoms with Gasteiger partial charge in [0.25, 0.3) is 0 Å². The number of hydrogen-bond acceptors (Lipinski definition) is 5. The summed E-state index contributed by atoms with van der Waals surface area (Å²) in [6, 6.07) is 9.36. The molecule has 116 valence electrons. The van der Waals surface area contributed by atoms with E-state index in [2.05, 4.69) is 15.8 Å². The molecule has 0 radical (unpaired) electrons. The largest absolute Gasteiger partial charge is 0.508 e. The Morgan fingerprint density at radius 2 is 1.91 bits per heavy atom. The third kappa shape index (κ3) is 2.03. The molecule has 0 bridgehead atoms. The predicted molar refractivity (Wildman–Crippen MR) is 86.7 cm³/mol. The van der Waals surface area contributed by atoms with Crippen LogP contribution in [0.2, 0.25) is 5.02 Å². The summed E-state index contributed by atoms with van der Waals surface area (Å²) in [5.41, 5.74) is 3.02. The number of hydrogen-bond donors (Lipinski definition) is 4. The summed E-state index contributed by atoms with van der Waals surface area (Å²) in [6.07, 6.45) is 0. The SMILES string of the molecule is O=C1Nc2ccc(Cl)cc2C1C1Nc2ccc(O)cc2/C1=N/O. The predicted octanol–water partition coefficient (Wildman–Crippen LogP) is 2.75. The summed E-state index contributed by atoms with van der Waals surface area (Å²) in [6.45, 7) is 0. The fourth-order valence-electron chi connectivity index (χ4n) is 3.22. The average molecular weight is 330 g/mol. The van der Waals surface area contributed by atoms with Gasteiger partial charge < -0.3 is 20.9 Å². The molecule has 2 atom stereocenters. The van der Waals surface area contributed by atoms with Gasteiger partial charge in [-0.05, 0) is 42.0 Å². The van der Waals surface area contributed by atoms with Crippen molar-refractivity contribution < 1.29 is 15.1 Å². The first-order valence-electron chi connectivity index (χ1n) is 7.00. The Morgan fingerprint density at radius 3 is 2.70 bits per heavy atom. The van der Waals surface area contributed by atoms with Crippen LogP contribution in [0.15, 0.2) is 41.6 Å². The van der Waals surface area contributed by atoms with Crippen molar-refractivity contribution in [2.75, 3.05) is 10.6 Å². The molecule has 2 aliphatic rings. The van der Waals surface area contributed by atoms with Crippen LogP contribution >= 0.6 is 11.6 Å². The van der Waals surface area contributed by atoms with E-state index in [1.807, 2.05) is 0 Å². The molecule has 0 spiro atoms. The van der Waals surface area contributed by atoms with Gasteiger partial charge in [-0.25, -0.2) is 0 Å². The van der Waals surface area contributed by atoms with E-state index in [1.54, 1.807) is 24.3 Å². The zero-order valence-corrected chi connectivity index (χ0v) is 12.5. The minimum Gasteiger partial charge on any atom is -0.508 e. The molecule has 2 heterocycles. The lowest BCUT2D eigenvalue weighted by molar-refractivity contribution is -0.117. The highest BCUT2D eigenvalue weighted by Gasteiger charge is 2.43. The number of aromatic hydroxyl groups is 1. The number of phenols is 1. The lowest BCUT2D eigenvalue weighted by atomic mass is 9.89. The minimum absolute atomic E-state index is 0.0617. The highest BCUT2D eigenvalue weighted by molar-refractivity contribution is 6.31. The van der Waals surface area contributed by atoms with Gasteiger partial charge in [0, 0.05) is 22.0 Å². The zero-order valence-electron chi connectivity index (χ0n) is 11.7. The molecule has 2 aromatic carbocycles. The number of carbonyl (C=O) groups excluding carboxylic acids is 1. The Balaban J connectivity index is 1.81. The summed E-state index contributed by atoms with van der Waals surface area (Å²) in [4.78, 5) is 12.4. The van der Waals surface area contributed by atoms with Crippen molar-refractivity contribution >= 4 is 34.6 Å². The number of halogens is 1. The summed E-state index contributed by atoms with van der Waals surface area (Å²) < 4.78 is 0. The van der Waals surface area contributed by atoms with Crippen molar-refractivity contribution in [3.05, 3.63) is 52.5 Å². The standard InChI is InChI=1S/C16H12ClN3O3/c17-7-1-3-11-9(5-7)13(16(22)19-11)15-14(20-23)10-6-8(21)2-4-12(10)18-15/h1-6,13,15,18,21,23H,(H,19,22)/b20-14-. The molecule has 7 heteroatoms. The van der Waals surface area contributed by atoms with Crippen LogP contribution in [0.25, 0.3) is 0 Å². The topological polar surface area (TPSA) is 94.0 Å². The summed E-state index contributed by atoms with van der Waals surface area (Å²) >= 11 is 6.05. The Morgan fingerprint density at radius 1 is 1.13 bits per heavy atom. The van der Waals surface area contributed by atoms with E-state index in [9.17, 15) is 15.1 Å². The molecule has 0 saturated carbocycles. The number of oxime groups is 1. The molecule has 2 aliphatic heterocycles. The second kappa shape index (κ2) is 4.89. The highest BCUT2D eigenvalue weighted by Crippen LogP contribution is 2.42. The monoisotopic (exact) mass is 329 g/mol. The van der Waals surface area contributed by atoms with Crippen molar-refractivity contribution in [1.29, 1.82) is 0 Å². The van der Waals surface area contributed by atoms with Gasteiger partial charge in [-0.15, -0.1) is 0 Å². The van der Waals surface area contributed by atoms with Crippen molar-refractivity contribution in [3.63, 3.8) is 0 Å². The number of anilines is 2. The summed E-state index contributed by atoms with van der Waals surface area (Å²) in [5.74, 6) is -0.714. The molecule has 6 nitrogen and oxygen atoms in total. The molecule has 0 aromatic heterocycles. The van der Waals surface area contributed by atoms with Crippen LogP contribution in [0.4, 0.5) is 11.4 Å². The number of fused-ring (bicyclic) bond motifs is 2. The van der Waals surface area contributed by atoms with Crippen molar-refractivity contribution in [2.45, 2.75) is 12.0 Å². The zero-order chi connectivity index (χ0) is 16.1. The van der Waals surface area contributed by atoms with Crippen LogP contribution in [0.1, 0.15) is 17.0 Å². The van der Waals surface area contributed by atoms with Crippen LogP contribution in [0.3, 0.4) is 0 Å². The van der Waals surface area contributed by atoms with Crippen LogP contribution in [-0.4, -0.2) is 28.0 Å². The molecule has 0 fully saturated rings. The van der Waals surface area contributed by atoms with E-state index >= 15 is 0 Å². The number of benzene rings is 2. The number of rotatable bonds is 1. The number of nitrogens with zero attached hydrogens (tertiary/aromatic N) is 1. The first-order valence-corrected chi connectivity index (χ1v) is 7.38. The van der Waals surface area contributed by atoms with E-state index in [4.69, 9.17) is 11.6 Å². The maximum atomic E-state index is 12.4. The van der Waals surface area contributed by atoms with Crippen LogP contribution in [0.5, 0.6) is 5.75 Å². The number of nitrogens with one attached hydrogen (secondary N) is 2. The second-order valence-electron chi connectivity index (χ2n) is 5.54. The fourth-order valence-corrected chi connectivity index (χ4v) is 3.40. The van der Waals surface area contributed by atoms with Gasteiger partial charge in [-0.2, -0.15) is 0 Å². The van der Waals surface area contributed by atoms with Gasteiger partial charge in [0.05, 0.1) is 12.0 Å². The quantitative estimate of drug-likeness (QED) is 0.367. The Kier molecular flexibility index (Phi) is 2.96. The molecular formula is C16H12ClN3O3. The van der Waals surface area contributed by atoms with Gasteiger partial charge in [0.2, 0.25) is 5.91 Å². The Labute approximate surface area is 136 Å². The first-order chi connectivity index (χ1) is 11.1. The van der Waals surface area contributed by atoms with Gasteiger partial charge in [-0.1, -0.05) is 16.8 Å². The van der Waals surface area contributed by atoms with Crippen LogP contribution in [0, 0.1) is 0 Å². The first kappa shape index (κ1) is 13.9. The molecular weight excluding hydrogens is 318 g/mol. The summed E-state index contributed by atoms with van der Waals surface area (Å²) in [5, 5.41) is 29.0. The maximum Gasteiger partial charge on any atom is 0.234 e. The van der Waals surface area contributed by atoms with E-state index < -0.39 is 12.0 Å². The highest BCUT2D eigenvalue weighted by atomic mass is 35.5. The van der Waals surface area contributed by atoms with Crippen molar-refractivity contribution in [2.24, 2.45) is 5.16 Å². The molecule has 23 heavy (non-hydrogen) atoms. The Hall–Kier alpha value is -2.73. The fraction of sp³-hybridized carbons (Fsp3) is 0.125. The Bertz CT molecular complexity index is 866. The molecule has 0 saturated heterocycles. The second-order valence-corrected chi connectivity index (χ2v) is 5.97. The molecule has 1 amide bonds. The minimum atomic E-state index is -0.579. The number of carbonyl (C=O) groups is 1. The molecule has 0 aliphatic carbocycles. The van der Waals surface area contributed by atoms with E-state index in [0.29, 0.717) is 27.7 Å². The molecule has 2 unspecified atom stereocenters. The number of phenolic OH excluding ortho intramolecular Hbond substituents is 1. The van der Waals surface area contributed by atoms with Gasteiger partial charge in [0.1, 0.15) is 11.5 Å². The average Bonchev–Trinajstić information content (AvgIpc) is 3.02. The lowest BCUT2D eigenvalue weighted by Crippen LogP contribution is -2.34. The van der Waals surface area contributed by atoms with E-state index in [1.165, 1.54) is 12.1 Å². The van der Waals surface area contributed by atoms with Gasteiger partial charge >= 0.3 is 0 Å². The van der Waals surface area contributed by atoms with Gasteiger partial charge in [-0.3, -0.25) is 4.79 Å². The summed E-state index contributed by atoms with van der Waals surface area (Å²) in [7, 11) is 0. The van der Waals surface area contributed by atoms with Crippen molar-refractivity contribution in [1.82, 2.24) is 0 Å². The van der Waals surface area contributed by atoms with Gasteiger partial charge in [0.15, 0.2) is 0 Å². The normalized spacial score (nSPS) is 23.3. The van der Waals surface area contributed by atoms with E-state index in [0.717, 1.165) is 5.56 Å². The van der Waals surface area contributed by atoms with E-state index in [-0.39, 0.29) is 11.7 Å². The third-order valence-corrected chi connectivity index (χ3v) is 4.45. The molecule has 4 rings (SSSR count).